The maximum Gasteiger partial charge on any atom is 0.315 e. The van der Waals surface area contributed by atoms with Crippen molar-refractivity contribution in [2.24, 2.45) is 0 Å². The van der Waals surface area contributed by atoms with E-state index in [0.717, 1.165) is 24.2 Å². The van der Waals surface area contributed by atoms with Crippen LogP contribution in [0.4, 0.5) is 5.69 Å². The van der Waals surface area contributed by atoms with Crippen LogP contribution in [-0.2, 0) is 16.0 Å². The largest absolute Gasteiger partial charge is 0.490 e. The Bertz CT molecular complexity index is 755. The van der Waals surface area contributed by atoms with Gasteiger partial charge in [0.25, 0.3) is 0 Å². The Morgan fingerprint density at radius 3 is 2.44 bits per heavy atom. The molecule has 3 rings (SSSR count). The first-order valence-corrected chi connectivity index (χ1v) is 8.49. The van der Waals surface area contributed by atoms with E-state index in [9.17, 15) is 9.59 Å². The molecule has 0 unspecified atom stereocenters. The molecule has 1 aliphatic heterocycles. The zero-order valence-electron chi connectivity index (χ0n) is 14.2. The van der Waals surface area contributed by atoms with Gasteiger partial charge in [-0.05, 0) is 43.2 Å². The molecular formula is C20H21NO4. The molecule has 0 radical (unpaired) electrons. The number of carbonyl (C=O) groups is 2. The van der Waals surface area contributed by atoms with Gasteiger partial charge in [-0.3, -0.25) is 9.59 Å². The van der Waals surface area contributed by atoms with Crippen LogP contribution in [0.1, 0.15) is 25.3 Å². The van der Waals surface area contributed by atoms with Crippen LogP contribution < -0.4 is 14.4 Å². The van der Waals surface area contributed by atoms with Gasteiger partial charge in [0.15, 0.2) is 11.5 Å². The lowest BCUT2D eigenvalue weighted by Gasteiger charge is -2.16. The van der Waals surface area contributed by atoms with Crippen molar-refractivity contribution in [1.82, 2.24) is 0 Å². The van der Waals surface area contributed by atoms with E-state index in [-0.39, 0.29) is 18.3 Å². The second-order valence-corrected chi connectivity index (χ2v) is 5.85. The molecule has 0 spiro atoms. The predicted octanol–water partition coefficient (Wildman–Crippen LogP) is 3.36. The number of para-hydroxylation sites is 2. The third-order valence-corrected chi connectivity index (χ3v) is 4.04. The summed E-state index contributed by atoms with van der Waals surface area (Å²) in [5.74, 6) is 0.784. The Hall–Kier alpha value is -2.82. The van der Waals surface area contributed by atoms with Gasteiger partial charge < -0.3 is 14.4 Å². The van der Waals surface area contributed by atoms with Gasteiger partial charge in [-0.25, -0.2) is 0 Å². The first-order chi connectivity index (χ1) is 12.2. The molecule has 0 bridgehead atoms. The number of ether oxygens (including phenoxy) is 2. The van der Waals surface area contributed by atoms with E-state index in [4.69, 9.17) is 9.47 Å². The Morgan fingerprint density at radius 1 is 1.08 bits per heavy atom. The zero-order chi connectivity index (χ0) is 17.6. The van der Waals surface area contributed by atoms with Gasteiger partial charge in [0, 0.05) is 18.7 Å². The number of anilines is 1. The summed E-state index contributed by atoms with van der Waals surface area (Å²) in [5.41, 5.74) is 1.72. The van der Waals surface area contributed by atoms with Gasteiger partial charge in [-0.2, -0.15) is 0 Å². The third-order valence-electron chi connectivity index (χ3n) is 4.04. The summed E-state index contributed by atoms with van der Waals surface area (Å²) in [5, 5.41) is 0. The van der Waals surface area contributed by atoms with Gasteiger partial charge in [0.2, 0.25) is 5.91 Å². The zero-order valence-corrected chi connectivity index (χ0v) is 14.2. The Labute approximate surface area is 147 Å². The van der Waals surface area contributed by atoms with Crippen molar-refractivity contribution < 1.29 is 19.1 Å². The van der Waals surface area contributed by atoms with E-state index < -0.39 is 0 Å². The standard InChI is InChI=1S/C20H21NO4/c1-2-24-17-6-3-4-7-18(17)25-20(23)14-15-9-11-16(12-10-15)21-13-5-8-19(21)22/h3-4,6-7,9-12H,2,5,8,13-14H2,1H3. The third kappa shape index (κ3) is 4.18. The van der Waals surface area contributed by atoms with E-state index in [1.807, 2.05) is 37.3 Å². The molecule has 2 aromatic carbocycles. The quantitative estimate of drug-likeness (QED) is 0.598. The lowest BCUT2D eigenvalue weighted by molar-refractivity contribution is -0.133. The molecule has 1 saturated heterocycles. The first-order valence-electron chi connectivity index (χ1n) is 8.49. The van der Waals surface area contributed by atoms with Crippen molar-refractivity contribution in [3.05, 3.63) is 54.1 Å². The van der Waals surface area contributed by atoms with Crippen molar-refractivity contribution in [2.45, 2.75) is 26.2 Å². The van der Waals surface area contributed by atoms with Crippen LogP contribution in [0.3, 0.4) is 0 Å². The fourth-order valence-corrected chi connectivity index (χ4v) is 2.85. The SMILES string of the molecule is CCOc1ccccc1OC(=O)Cc1ccc(N2CCCC2=O)cc1. The topological polar surface area (TPSA) is 55.8 Å². The van der Waals surface area contributed by atoms with Crippen molar-refractivity contribution in [1.29, 1.82) is 0 Å². The highest BCUT2D eigenvalue weighted by Crippen LogP contribution is 2.27. The maximum atomic E-state index is 12.2. The number of nitrogens with zero attached hydrogens (tertiary/aromatic N) is 1. The highest BCUT2D eigenvalue weighted by molar-refractivity contribution is 5.95. The molecule has 5 nitrogen and oxygen atoms in total. The van der Waals surface area contributed by atoms with Crippen LogP contribution in [0.15, 0.2) is 48.5 Å². The second kappa shape index (κ2) is 7.83. The highest BCUT2D eigenvalue weighted by atomic mass is 16.6. The van der Waals surface area contributed by atoms with Crippen LogP contribution in [-0.4, -0.2) is 25.0 Å². The molecule has 2 aromatic rings. The number of hydrogen-bond acceptors (Lipinski definition) is 4. The summed E-state index contributed by atoms with van der Waals surface area (Å²) in [6.45, 7) is 3.14. The summed E-state index contributed by atoms with van der Waals surface area (Å²) in [4.78, 5) is 25.7. The molecular weight excluding hydrogens is 318 g/mol. The van der Waals surface area contributed by atoms with Crippen LogP contribution in [0.5, 0.6) is 11.5 Å². The molecule has 1 aliphatic rings. The predicted molar refractivity (Wildman–Crippen MR) is 95.0 cm³/mol. The fourth-order valence-electron chi connectivity index (χ4n) is 2.85. The molecule has 0 aromatic heterocycles. The Balaban J connectivity index is 1.62. The van der Waals surface area contributed by atoms with Crippen molar-refractivity contribution in [3.63, 3.8) is 0 Å². The van der Waals surface area contributed by atoms with Gasteiger partial charge in [0.05, 0.1) is 13.0 Å². The number of esters is 1. The number of hydrogen-bond donors (Lipinski definition) is 0. The molecule has 130 valence electrons. The molecule has 1 amide bonds. The average Bonchev–Trinajstić information content (AvgIpc) is 3.03. The number of rotatable bonds is 6. The van der Waals surface area contributed by atoms with Crippen molar-refractivity contribution in [3.8, 4) is 11.5 Å². The van der Waals surface area contributed by atoms with Crippen LogP contribution in [0.2, 0.25) is 0 Å². The van der Waals surface area contributed by atoms with E-state index in [2.05, 4.69) is 0 Å². The van der Waals surface area contributed by atoms with Gasteiger partial charge in [-0.15, -0.1) is 0 Å². The molecule has 0 aliphatic carbocycles. The maximum absolute atomic E-state index is 12.2. The highest BCUT2D eigenvalue weighted by Gasteiger charge is 2.21. The summed E-state index contributed by atoms with van der Waals surface area (Å²) in [7, 11) is 0. The average molecular weight is 339 g/mol. The minimum atomic E-state index is -0.350. The monoisotopic (exact) mass is 339 g/mol. The van der Waals surface area contributed by atoms with Gasteiger partial charge >= 0.3 is 5.97 Å². The Kier molecular flexibility index (Phi) is 5.33. The molecule has 0 N–H and O–H groups in total. The minimum Gasteiger partial charge on any atom is -0.490 e. The van der Waals surface area contributed by atoms with Crippen LogP contribution in [0.25, 0.3) is 0 Å². The van der Waals surface area contributed by atoms with Crippen molar-refractivity contribution >= 4 is 17.6 Å². The molecule has 5 heteroatoms. The van der Waals surface area contributed by atoms with Gasteiger partial charge in [0.1, 0.15) is 0 Å². The smallest absolute Gasteiger partial charge is 0.315 e. The normalized spacial score (nSPS) is 13.8. The summed E-state index contributed by atoms with van der Waals surface area (Å²) in [6, 6.07) is 14.6. The summed E-state index contributed by atoms with van der Waals surface area (Å²) < 4.78 is 10.9. The molecule has 1 fully saturated rings. The van der Waals surface area contributed by atoms with Crippen LogP contribution >= 0.6 is 0 Å². The van der Waals surface area contributed by atoms with Gasteiger partial charge in [-0.1, -0.05) is 24.3 Å². The minimum absolute atomic E-state index is 0.152. The van der Waals surface area contributed by atoms with Crippen molar-refractivity contribution in [2.75, 3.05) is 18.1 Å². The molecule has 25 heavy (non-hydrogen) atoms. The van der Waals surface area contributed by atoms with E-state index in [0.29, 0.717) is 24.5 Å². The Morgan fingerprint density at radius 2 is 1.80 bits per heavy atom. The fraction of sp³-hybridized carbons (Fsp3) is 0.300. The first kappa shape index (κ1) is 17.0. The summed E-state index contributed by atoms with van der Waals surface area (Å²) in [6.07, 6.45) is 1.66. The number of benzene rings is 2. The number of amides is 1. The lowest BCUT2D eigenvalue weighted by Crippen LogP contribution is -2.23. The summed E-state index contributed by atoms with van der Waals surface area (Å²) >= 11 is 0. The lowest BCUT2D eigenvalue weighted by atomic mass is 10.1. The number of carbonyl (C=O) groups excluding carboxylic acids is 2. The molecule has 1 heterocycles. The second-order valence-electron chi connectivity index (χ2n) is 5.85. The molecule has 0 atom stereocenters. The van der Waals surface area contributed by atoms with Crippen LogP contribution in [0, 0.1) is 0 Å². The van der Waals surface area contributed by atoms with E-state index in [1.165, 1.54) is 0 Å². The van der Waals surface area contributed by atoms with E-state index in [1.54, 1.807) is 23.1 Å². The van der Waals surface area contributed by atoms with E-state index >= 15 is 0 Å². The molecule has 0 saturated carbocycles.